The van der Waals surface area contributed by atoms with Crippen LogP contribution in [0.3, 0.4) is 0 Å². The molecule has 1 amide bonds. The summed E-state index contributed by atoms with van der Waals surface area (Å²) >= 11 is 0. The van der Waals surface area contributed by atoms with E-state index in [0.29, 0.717) is 6.79 Å². The molecule has 164 valence electrons. The van der Waals surface area contributed by atoms with E-state index >= 15 is 0 Å². The van der Waals surface area contributed by atoms with Crippen molar-refractivity contribution in [2.75, 3.05) is 33.0 Å². The summed E-state index contributed by atoms with van der Waals surface area (Å²) in [6.45, 7) is 4.90. The number of hydrogen-bond donors (Lipinski definition) is 0. The van der Waals surface area contributed by atoms with Crippen LogP contribution in [-0.2, 0) is 6.54 Å². The molecule has 2 aromatic rings. The molecule has 6 nitrogen and oxygen atoms in total. The lowest BCUT2D eigenvalue weighted by Crippen LogP contribution is -2.37. The van der Waals surface area contributed by atoms with E-state index in [1.807, 2.05) is 41.3 Å². The second-order valence-corrected chi connectivity index (χ2v) is 8.62. The molecule has 3 heterocycles. The fraction of sp³-hybridized carbons (Fsp3) is 0.480. The van der Waals surface area contributed by atoms with Crippen LogP contribution in [0.15, 0.2) is 42.5 Å². The third kappa shape index (κ3) is 4.64. The first-order valence-electron chi connectivity index (χ1n) is 11.4. The van der Waals surface area contributed by atoms with Crippen LogP contribution in [0.2, 0.25) is 0 Å². The van der Waals surface area contributed by atoms with Gasteiger partial charge in [0.25, 0.3) is 5.91 Å². The van der Waals surface area contributed by atoms with E-state index in [-0.39, 0.29) is 12.0 Å². The van der Waals surface area contributed by atoms with Gasteiger partial charge in [-0.1, -0.05) is 12.1 Å². The molecule has 0 spiro atoms. The van der Waals surface area contributed by atoms with Crippen LogP contribution in [-0.4, -0.2) is 54.8 Å². The van der Waals surface area contributed by atoms with Crippen LogP contribution in [0.1, 0.15) is 48.0 Å². The highest BCUT2D eigenvalue weighted by atomic mass is 16.7. The van der Waals surface area contributed by atoms with Gasteiger partial charge in [0.1, 0.15) is 11.9 Å². The van der Waals surface area contributed by atoms with Crippen molar-refractivity contribution >= 4 is 5.91 Å². The molecule has 0 radical (unpaired) electrons. The van der Waals surface area contributed by atoms with Crippen molar-refractivity contribution in [2.24, 2.45) is 0 Å². The largest absolute Gasteiger partial charge is 0.490 e. The summed E-state index contributed by atoms with van der Waals surface area (Å²) in [6, 6.07) is 13.8. The van der Waals surface area contributed by atoms with E-state index in [9.17, 15) is 4.79 Å². The number of carbonyl (C=O) groups is 1. The number of likely N-dealkylation sites (tertiary alicyclic amines) is 2. The van der Waals surface area contributed by atoms with Crippen LogP contribution in [0, 0.1) is 0 Å². The summed E-state index contributed by atoms with van der Waals surface area (Å²) in [6.07, 6.45) is 5.63. The Hall–Kier alpha value is -2.73. The summed E-state index contributed by atoms with van der Waals surface area (Å²) in [5, 5.41) is 0. The van der Waals surface area contributed by atoms with Crippen molar-refractivity contribution in [2.45, 2.75) is 44.8 Å². The minimum Gasteiger partial charge on any atom is -0.490 e. The topological polar surface area (TPSA) is 51.2 Å². The number of fused-ring (bicyclic) bond motifs is 1. The van der Waals surface area contributed by atoms with Crippen molar-refractivity contribution in [1.29, 1.82) is 0 Å². The predicted octanol–water partition coefficient (Wildman–Crippen LogP) is 4.08. The van der Waals surface area contributed by atoms with Crippen molar-refractivity contribution in [3.63, 3.8) is 0 Å². The van der Waals surface area contributed by atoms with Gasteiger partial charge >= 0.3 is 0 Å². The molecule has 0 aromatic heterocycles. The van der Waals surface area contributed by atoms with E-state index in [4.69, 9.17) is 14.2 Å². The molecule has 3 aliphatic heterocycles. The molecule has 6 heteroatoms. The van der Waals surface area contributed by atoms with Crippen molar-refractivity contribution in [3.05, 3.63) is 53.6 Å². The van der Waals surface area contributed by atoms with Gasteiger partial charge in [0.15, 0.2) is 11.5 Å². The minimum absolute atomic E-state index is 0.140. The fourth-order valence-corrected chi connectivity index (χ4v) is 4.69. The number of para-hydroxylation sites is 1. The zero-order valence-corrected chi connectivity index (χ0v) is 17.9. The number of hydrogen-bond acceptors (Lipinski definition) is 5. The second-order valence-electron chi connectivity index (χ2n) is 8.62. The highest BCUT2D eigenvalue weighted by Gasteiger charge is 2.24. The first-order valence-corrected chi connectivity index (χ1v) is 11.4. The molecule has 0 unspecified atom stereocenters. The molecule has 2 fully saturated rings. The van der Waals surface area contributed by atoms with E-state index in [0.717, 1.165) is 81.2 Å². The van der Waals surface area contributed by atoms with Gasteiger partial charge in [0.05, 0.1) is 0 Å². The molecule has 31 heavy (non-hydrogen) atoms. The molecule has 0 atom stereocenters. The molecule has 0 saturated carbocycles. The van der Waals surface area contributed by atoms with E-state index in [1.54, 1.807) is 0 Å². The summed E-state index contributed by atoms with van der Waals surface area (Å²) in [7, 11) is 0. The molecule has 2 aromatic carbocycles. The zero-order valence-electron chi connectivity index (χ0n) is 17.9. The Kier molecular flexibility index (Phi) is 5.98. The number of rotatable bonds is 5. The number of nitrogens with zero attached hydrogens (tertiary/aromatic N) is 2. The van der Waals surface area contributed by atoms with Crippen LogP contribution < -0.4 is 14.2 Å². The molecule has 5 rings (SSSR count). The monoisotopic (exact) mass is 422 g/mol. The fourth-order valence-electron chi connectivity index (χ4n) is 4.69. The van der Waals surface area contributed by atoms with Gasteiger partial charge in [-0.15, -0.1) is 0 Å². The molecular formula is C25H30N2O4. The smallest absolute Gasteiger partial charge is 0.253 e. The van der Waals surface area contributed by atoms with Crippen LogP contribution in [0.4, 0.5) is 0 Å². The molecular weight excluding hydrogens is 392 g/mol. The summed E-state index contributed by atoms with van der Waals surface area (Å²) in [4.78, 5) is 17.0. The predicted molar refractivity (Wildman–Crippen MR) is 118 cm³/mol. The van der Waals surface area contributed by atoms with Gasteiger partial charge in [0, 0.05) is 43.9 Å². The van der Waals surface area contributed by atoms with Crippen LogP contribution in [0.25, 0.3) is 0 Å². The lowest BCUT2D eigenvalue weighted by Gasteiger charge is -2.32. The van der Waals surface area contributed by atoms with E-state index in [2.05, 4.69) is 11.0 Å². The average molecular weight is 423 g/mol. The Balaban J connectivity index is 1.11. The molecule has 0 aliphatic carbocycles. The number of amides is 1. The van der Waals surface area contributed by atoms with Gasteiger partial charge in [0.2, 0.25) is 6.79 Å². The summed E-state index contributed by atoms with van der Waals surface area (Å²) in [5.41, 5.74) is 1.94. The lowest BCUT2D eigenvalue weighted by molar-refractivity contribution is 0.0724. The summed E-state index contributed by atoms with van der Waals surface area (Å²) in [5.74, 6) is 2.72. The van der Waals surface area contributed by atoms with Gasteiger partial charge in [-0.2, -0.15) is 0 Å². The average Bonchev–Trinajstić information content (AvgIpc) is 3.31. The Morgan fingerprint density at radius 2 is 1.71 bits per heavy atom. The lowest BCUT2D eigenvalue weighted by atomic mass is 10.1. The normalized spacial score (nSPS) is 19.4. The first-order chi connectivity index (χ1) is 15.3. The maximum absolute atomic E-state index is 12.6. The quantitative estimate of drug-likeness (QED) is 0.727. The van der Waals surface area contributed by atoms with Crippen molar-refractivity contribution < 1.29 is 19.0 Å². The Labute approximate surface area is 183 Å². The standard InChI is InChI=1S/C25H30N2O4/c28-25(27-13-2-1-3-14-27)19-7-9-21(10-8-19)31-22-11-15-26(16-12-22)17-20-5-4-6-23-24(20)30-18-29-23/h4-10,22H,1-3,11-18H2. The Bertz CT molecular complexity index is 900. The third-order valence-electron chi connectivity index (χ3n) is 6.45. The Morgan fingerprint density at radius 3 is 2.48 bits per heavy atom. The summed E-state index contributed by atoms with van der Waals surface area (Å²) < 4.78 is 17.3. The first kappa shape index (κ1) is 20.2. The number of ether oxygens (including phenoxy) is 3. The zero-order chi connectivity index (χ0) is 21.0. The second kappa shape index (κ2) is 9.18. The van der Waals surface area contributed by atoms with Crippen molar-refractivity contribution in [3.8, 4) is 17.2 Å². The van der Waals surface area contributed by atoms with Gasteiger partial charge in [-0.3, -0.25) is 9.69 Å². The third-order valence-corrected chi connectivity index (χ3v) is 6.45. The van der Waals surface area contributed by atoms with Gasteiger partial charge in [-0.25, -0.2) is 0 Å². The van der Waals surface area contributed by atoms with Crippen LogP contribution >= 0.6 is 0 Å². The van der Waals surface area contributed by atoms with E-state index < -0.39 is 0 Å². The maximum Gasteiger partial charge on any atom is 0.253 e. The highest BCUT2D eigenvalue weighted by molar-refractivity contribution is 5.94. The molecule has 3 aliphatic rings. The van der Waals surface area contributed by atoms with Gasteiger partial charge < -0.3 is 19.1 Å². The maximum atomic E-state index is 12.6. The van der Waals surface area contributed by atoms with Crippen molar-refractivity contribution in [1.82, 2.24) is 9.80 Å². The number of piperidine rings is 2. The molecule has 2 saturated heterocycles. The number of carbonyl (C=O) groups excluding carboxylic acids is 1. The van der Waals surface area contributed by atoms with Gasteiger partial charge in [-0.05, 0) is 62.4 Å². The van der Waals surface area contributed by atoms with E-state index in [1.165, 1.54) is 12.0 Å². The van der Waals surface area contributed by atoms with Crippen LogP contribution in [0.5, 0.6) is 17.2 Å². The minimum atomic E-state index is 0.140. The molecule has 0 bridgehead atoms. The SMILES string of the molecule is O=C(c1ccc(OC2CCN(Cc3cccc4c3OCO4)CC2)cc1)N1CCCCC1. The highest BCUT2D eigenvalue weighted by Crippen LogP contribution is 2.36. The molecule has 0 N–H and O–H groups in total. The number of benzene rings is 2. The Morgan fingerprint density at radius 1 is 0.935 bits per heavy atom.